The van der Waals surface area contributed by atoms with Crippen molar-refractivity contribution in [2.45, 2.75) is 38.5 Å². The summed E-state index contributed by atoms with van der Waals surface area (Å²) in [4.78, 5) is 19.9. The van der Waals surface area contributed by atoms with Crippen LogP contribution in [-0.2, 0) is 0 Å². The van der Waals surface area contributed by atoms with Crippen molar-refractivity contribution in [2.24, 2.45) is 0 Å². The van der Waals surface area contributed by atoms with Gasteiger partial charge in [0.15, 0.2) is 0 Å². The fourth-order valence-corrected chi connectivity index (χ4v) is 3.51. The van der Waals surface area contributed by atoms with Gasteiger partial charge in [-0.25, -0.2) is 4.98 Å². The highest BCUT2D eigenvalue weighted by molar-refractivity contribution is 6.06. The van der Waals surface area contributed by atoms with Crippen LogP contribution < -0.4 is 10.6 Å². The zero-order chi connectivity index (χ0) is 18.1. The molecule has 0 unspecified atom stereocenters. The van der Waals surface area contributed by atoms with Gasteiger partial charge in [-0.1, -0.05) is 19.0 Å². The predicted octanol–water partition coefficient (Wildman–Crippen LogP) is 1.86. The second-order valence-electron chi connectivity index (χ2n) is 7.62. The molecule has 1 aliphatic heterocycles. The van der Waals surface area contributed by atoms with E-state index < -0.39 is 0 Å². The summed E-state index contributed by atoms with van der Waals surface area (Å²) in [6, 6.07) is 1.95. The number of pyridine rings is 1. The predicted molar refractivity (Wildman–Crippen MR) is 99.5 cm³/mol. The van der Waals surface area contributed by atoms with Crippen molar-refractivity contribution in [1.29, 1.82) is 0 Å². The molecule has 0 aromatic carbocycles. The lowest BCUT2D eigenvalue weighted by molar-refractivity contribution is 0.0948. The normalized spacial score (nSPS) is 18.6. The van der Waals surface area contributed by atoms with Crippen molar-refractivity contribution in [3.05, 3.63) is 23.0 Å². The first-order valence-corrected chi connectivity index (χ1v) is 9.65. The van der Waals surface area contributed by atoms with Crippen LogP contribution in [0.1, 0.15) is 60.3 Å². The first kappa shape index (κ1) is 17.4. The maximum Gasteiger partial charge on any atom is 0.259 e. The number of carbonyl (C=O) groups is 1. The number of rotatable bonds is 6. The SMILES string of the molecule is CC(C)c1noc2nc(C3CC3)cc(C(=O)NCCN3CCNCC3)c12. The first-order chi connectivity index (χ1) is 12.6. The van der Waals surface area contributed by atoms with Gasteiger partial charge in [0, 0.05) is 50.9 Å². The summed E-state index contributed by atoms with van der Waals surface area (Å²) in [6.45, 7) is 9.72. The Bertz CT molecular complexity index is 791. The van der Waals surface area contributed by atoms with Crippen LogP contribution in [0.25, 0.3) is 11.1 Å². The van der Waals surface area contributed by atoms with Crippen molar-refractivity contribution < 1.29 is 9.32 Å². The molecule has 140 valence electrons. The highest BCUT2D eigenvalue weighted by Gasteiger charge is 2.29. The molecule has 7 heteroatoms. The topological polar surface area (TPSA) is 83.3 Å². The third-order valence-electron chi connectivity index (χ3n) is 5.20. The van der Waals surface area contributed by atoms with Crippen molar-refractivity contribution in [3.63, 3.8) is 0 Å². The number of piperazine rings is 1. The van der Waals surface area contributed by atoms with E-state index in [1.54, 1.807) is 0 Å². The number of amides is 1. The second kappa shape index (κ2) is 7.32. The molecular weight excluding hydrogens is 330 g/mol. The van der Waals surface area contributed by atoms with E-state index in [0.29, 0.717) is 23.7 Å². The molecule has 2 aromatic rings. The van der Waals surface area contributed by atoms with Crippen LogP contribution in [0.2, 0.25) is 0 Å². The average Bonchev–Trinajstić information content (AvgIpc) is 3.40. The number of nitrogens with one attached hydrogen (secondary N) is 2. The van der Waals surface area contributed by atoms with Crippen molar-refractivity contribution >= 4 is 17.0 Å². The second-order valence-corrected chi connectivity index (χ2v) is 7.62. The molecule has 1 saturated heterocycles. The minimum absolute atomic E-state index is 0.0560. The molecule has 7 nitrogen and oxygen atoms in total. The smallest absolute Gasteiger partial charge is 0.259 e. The molecule has 0 radical (unpaired) electrons. The summed E-state index contributed by atoms with van der Waals surface area (Å²) < 4.78 is 5.46. The lowest BCUT2D eigenvalue weighted by Gasteiger charge is -2.27. The molecule has 3 heterocycles. The quantitative estimate of drug-likeness (QED) is 0.821. The number of fused-ring (bicyclic) bond motifs is 1. The van der Waals surface area contributed by atoms with Crippen LogP contribution in [0.4, 0.5) is 0 Å². The molecule has 26 heavy (non-hydrogen) atoms. The largest absolute Gasteiger partial charge is 0.351 e. The molecule has 0 bridgehead atoms. The first-order valence-electron chi connectivity index (χ1n) is 9.65. The Labute approximate surface area is 153 Å². The Hall–Kier alpha value is -1.99. The Morgan fingerprint density at radius 2 is 2.15 bits per heavy atom. The lowest BCUT2D eigenvalue weighted by atomic mass is 10.0. The third kappa shape index (κ3) is 3.59. The average molecular weight is 357 g/mol. The maximum absolute atomic E-state index is 12.9. The number of hydrogen-bond acceptors (Lipinski definition) is 6. The molecular formula is C19H27N5O2. The number of carbonyl (C=O) groups excluding carboxylic acids is 1. The van der Waals surface area contributed by atoms with E-state index in [0.717, 1.165) is 62.3 Å². The number of nitrogens with zero attached hydrogens (tertiary/aromatic N) is 3. The van der Waals surface area contributed by atoms with Gasteiger partial charge in [-0.2, -0.15) is 0 Å². The molecule has 2 fully saturated rings. The number of hydrogen-bond donors (Lipinski definition) is 2. The summed E-state index contributed by atoms with van der Waals surface area (Å²) in [5.41, 5.74) is 2.91. The minimum atomic E-state index is -0.0560. The maximum atomic E-state index is 12.9. The molecule has 1 saturated carbocycles. The Balaban J connectivity index is 1.54. The van der Waals surface area contributed by atoms with Gasteiger partial charge in [-0.3, -0.25) is 9.69 Å². The van der Waals surface area contributed by atoms with Gasteiger partial charge in [-0.05, 0) is 24.8 Å². The zero-order valence-corrected chi connectivity index (χ0v) is 15.5. The van der Waals surface area contributed by atoms with Crippen LogP contribution in [0, 0.1) is 0 Å². The highest BCUT2D eigenvalue weighted by atomic mass is 16.5. The van der Waals surface area contributed by atoms with E-state index in [1.807, 2.05) is 6.07 Å². The molecule has 2 aliphatic rings. The van der Waals surface area contributed by atoms with Gasteiger partial charge in [0.05, 0.1) is 16.6 Å². The van der Waals surface area contributed by atoms with E-state index in [-0.39, 0.29) is 11.8 Å². The van der Waals surface area contributed by atoms with Gasteiger partial charge >= 0.3 is 0 Å². The van der Waals surface area contributed by atoms with E-state index in [4.69, 9.17) is 4.52 Å². The van der Waals surface area contributed by atoms with Crippen LogP contribution in [0.5, 0.6) is 0 Å². The Kier molecular flexibility index (Phi) is 4.91. The van der Waals surface area contributed by atoms with Crippen LogP contribution in [-0.4, -0.2) is 60.2 Å². The third-order valence-corrected chi connectivity index (χ3v) is 5.20. The molecule has 1 aliphatic carbocycles. The Morgan fingerprint density at radius 1 is 1.38 bits per heavy atom. The number of aromatic nitrogens is 2. The standard InChI is InChI=1S/C19H27N5O2/c1-12(2)17-16-14(11-15(13-3-4-13)22-19(16)26-23-17)18(25)21-7-10-24-8-5-20-6-9-24/h11-13,20H,3-10H2,1-2H3,(H,21,25). The van der Waals surface area contributed by atoms with Crippen molar-refractivity contribution in [3.8, 4) is 0 Å². The fourth-order valence-electron chi connectivity index (χ4n) is 3.51. The monoisotopic (exact) mass is 357 g/mol. The summed E-state index contributed by atoms with van der Waals surface area (Å²) in [6.07, 6.45) is 2.27. The van der Waals surface area contributed by atoms with E-state index in [9.17, 15) is 4.79 Å². The minimum Gasteiger partial charge on any atom is -0.351 e. The van der Waals surface area contributed by atoms with E-state index >= 15 is 0 Å². The van der Waals surface area contributed by atoms with Gasteiger partial charge in [0.2, 0.25) is 0 Å². The van der Waals surface area contributed by atoms with Crippen LogP contribution >= 0.6 is 0 Å². The zero-order valence-electron chi connectivity index (χ0n) is 15.5. The molecule has 4 rings (SSSR count). The van der Waals surface area contributed by atoms with Gasteiger partial charge < -0.3 is 15.2 Å². The Morgan fingerprint density at radius 3 is 2.85 bits per heavy atom. The highest BCUT2D eigenvalue weighted by Crippen LogP contribution is 2.41. The summed E-state index contributed by atoms with van der Waals surface area (Å²) in [7, 11) is 0. The molecule has 2 N–H and O–H groups in total. The van der Waals surface area contributed by atoms with Crippen molar-refractivity contribution in [1.82, 2.24) is 25.7 Å². The molecule has 0 atom stereocenters. The summed E-state index contributed by atoms with van der Waals surface area (Å²) in [5, 5.41) is 11.4. The van der Waals surface area contributed by atoms with Gasteiger partial charge in [0.25, 0.3) is 11.6 Å². The van der Waals surface area contributed by atoms with Crippen LogP contribution in [0.3, 0.4) is 0 Å². The van der Waals surface area contributed by atoms with Crippen molar-refractivity contribution in [2.75, 3.05) is 39.3 Å². The van der Waals surface area contributed by atoms with Crippen LogP contribution in [0.15, 0.2) is 10.6 Å². The molecule has 0 spiro atoms. The summed E-state index contributed by atoms with van der Waals surface area (Å²) in [5.74, 6) is 0.580. The molecule has 2 aromatic heterocycles. The lowest BCUT2D eigenvalue weighted by Crippen LogP contribution is -2.46. The van der Waals surface area contributed by atoms with Gasteiger partial charge in [0.1, 0.15) is 0 Å². The van der Waals surface area contributed by atoms with E-state index in [1.165, 1.54) is 0 Å². The van der Waals surface area contributed by atoms with E-state index in [2.05, 4.69) is 39.5 Å². The summed E-state index contributed by atoms with van der Waals surface area (Å²) >= 11 is 0. The molecule has 1 amide bonds. The fraction of sp³-hybridized carbons (Fsp3) is 0.632. The van der Waals surface area contributed by atoms with Gasteiger partial charge in [-0.15, -0.1) is 0 Å².